The summed E-state index contributed by atoms with van der Waals surface area (Å²) < 4.78 is 1.53. The Labute approximate surface area is 96.7 Å². The number of aliphatic hydroxyl groups excluding tert-OH is 1. The Hall–Kier alpha value is -1.90. The number of rotatable bonds is 1. The highest BCUT2D eigenvalue weighted by molar-refractivity contribution is 6.29. The minimum absolute atomic E-state index is 0.175. The van der Waals surface area contributed by atoms with Gasteiger partial charge in [-0.3, -0.25) is 0 Å². The molecule has 16 heavy (non-hydrogen) atoms. The molecule has 0 amide bonds. The molecule has 6 heteroatoms. The van der Waals surface area contributed by atoms with E-state index in [2.05, 4.69) is 27.1 Å². The molecular formula is C10H7ClN4O. The van der Waals surface area contributed by atoms with Gasteiger partial charge in [-0.1, -0.05) is 23.4 Å². The van der Waals surface area contributed by atoms with Crippen molar-refractivity contribution >= 4 is 11.6 Å². The van der Waals surface area contributed by atoms with Crippen LogP contribution >= 0.6 is 11.6 Å². The molecule has 0 aliphatic rings. The summed E-state index contributed by atoms with van der Waals surface area (Å²) in [6.07, 6.45) is 3.28. The summed E-state index contributed by atoms with van der Waals surface area (Å²) in [5, 5.41) is 20.5. The first kappa shape index (κ1) is 10.6. The van der Waals surface area contributed by atoms with Gasteiger partial charge >= 0.3 is 0 Å². The van der Waals surface area contributed by atoms with Crippen molar-refractivity contribution in [3.8, 4) is 17.7 Å². The number of aromatic nitrogens is 4. The molecule has 0 bridgehead atoms. The van der Waals surface area contributed by atoms with Crippen LogP contribution in [0.5, 0.6) is 0 Å². The fourth-order valence-corrected chi connectivity index (χ4v) is 1.19. The number of hydrogen-bond donors (Lipinski definition) is 1. The van der Waals surface area contributed by atoms with E-state index in [0.717, 1.165) is 0 Å². The fraction of sp³-hybridized carbons (Fsp3) is 0.100. The van der Waals surface area contributed by atoms with E-state index in [1.54, 1.807) is 24.5 Å². The molecule has 5 nitrogen and oxygen atoms in total. The van der Waals surface area contributed by atoms with E-state index in [0.29, 0.717) is 16.5 Å². The van der Waals surface area contributed by atoms with Gasteiger partial charge in [-0.25, -0.2) is 4.68 Å². The Balaban J connectivity index is 2.28. The van der Waals surface area contributed by atoms with E-state index in [4.69, 9.17) is 16.7 Å². The summed E-state index contributed by atoms with van der Waals surface area (Å²) in [4.78, 5) is 0. The van der Waals surface area contributed by atoms with E-state index in [1.165, 1.54) is 4.68 Å². The molecule has 0 fully saturated rings. The van der Waals surface area contributed by atoms with Crippen molar-refractivity contribution in [1.29, 1.82) is 0 Å². The third-order valence-corrected chi connectivity index (χ3v) is 1.95. The maximum Gasteiger partial charge on any atom is 0.175 e. The predicted molar refractivity (Wildman–Crippen MR) is 58.1 cm³/mol. The van der Waals surface area contributed by atoms with Gasteiger partial charge in [0.2, 0.25) is 0 Å². The van der Waals surface area contributed by atoms with Crippen LogP contribution in [0.2, 0.25) is 5.15 Å². The third-order valence-electron chi connectivity index (χ3n) is 1.75. The lowest BCUT2D eigenvalue weighted by Crippen LogP contribution is -1.98. The molecule has 1 N–H and O–H groups in total. The zero-order chi connectivity index (χ0) is 11.4. The van der Waals surface area contributed by atoms with Crippen LogP contribution in [0.1, 0.15) is 5.56 Å². The van der Waals surface area contributed by atoms with Crippen molar-refractivity contribution in [2.75, 3.05) is 6.61 Å². The van der Waals surface area contributed by atoms with Gasteiger partial charge in [0.1, 0.15) is 6.61 Å². The van der Waals surface area contributed by atoms with Crippen LogP contribution in [0.4, 0.5) is 0 Å². The quantitative estimate of drug-likeness (QED) is 0.737. The van der Waals surface area contributed by atoms with E-state index in [1.807, 2.05) is 0 Å². The molecule has 80 valence electrons. The Morgan fingerprint density at radius 3 is 2.94 bits per heavy atom. The van der Waals surface area contributed by atoms with Crippen LogP contribution in [0.25, 0.3) is 5.82 Å². The van der Waals surface area contributed by atoms with Crippen LogP contribution in [-0.2, 0) is 0 Å². The monoisotopic (exact) mass is 234 g/mol. The van der Waals surface area contributed by atoms with E-state index >= 15 is 0 Å². The second-order valence-corrected chi connectivity index (χ2v) is 3.23. The van der Waals surface area contributed by atoms with Gasteiger partial charge in [0.25, 0.3) is 0 Å². The lowest BCUT2D eigenvalue weighted by molar-refractivity contribution is 0.350. The standard InChI is InChI=1S/C10H7ClN4O/c11-9-3-4-10(14-13-9)15-7-8(6-12-15)2-1-5-16/h3-4,6-7,16H,5H2. The van der Waals surface area contributed by atoms with Gasteiger partial charge in [-0.15, -0.1) is 10.2 Å². The molecule has 0 atom stereocenters. The van der Waals surface area contributed by atoms with E-state index in [-0.39, 0.29) is 6.61 Å². The molecule has 2 heterocycles. The minimum atomic E-state index is -0.175. The molecule has 0 aliphatic heterocycles. The van der Waals surface area contributed by atoms with Crippen LogP contribution in [0.3, 0.4) is 0 Å². The van der Waals surface area contributed by atoms with Crippen molar-refractivity contribution in [1.82, 2.24) is 20.0 Å². The molecule has 0 spiro atoms. The summed E-state index contributed by atoms with van der Waals surface area (Å²) in [5.41, 5.74) is 0.700. The average Bonchev–Trinajstić information content (AvgIpc) is 2.76. The van der Waals surface area contributed by atoms with E-state index < -0.39 is 0 Å². The minimum Gasteiger partial charge on any atom is -0.384 e. The molecule has 0 saturated carbocycles. The Morgan fingerprint density at radius 1 is 1.38 bits per heavy atom. The number of aliphatic hydroxyl groups is 1. The molecule has 0 saturated heterocycles. The first-order valence-corrected chi connectivity index (χ1v) is 4.81. The van der Waals surface area contributed by atoms with Crippen molar-refractivity contribution in [3.63, 3.8) is 0 Å². The first-order valence-electron chi connectivity index (χ1n) is 4.43. The lowest BCUT2D eigenvalue weighted by atomic mass is 10.4. The topological polar surface area (TPSA) is 63.8 Å². The highest BCUT2D eigenvalue weighted by Crippen LogP contribution is 2.06. The zero-order valence-corrected chi connectivity index (χ0v) is 8.89. The molecule has 2 rings (SSSR count). The van der Waals surface area contributed by atoms with Gasteiger partial charge in [-0.05, 0) is 12.1 Å². The van der Waals surface area contributed by atoms with Crippen molar-refractivity contribution in [2.45, 2.75) is 0 Å². The van der Waals surface area contributed by atoms with Crippen molar-refractivity contribution in [3.05, 3.63) is 35.2 Å². The molecule has 0 aromatic carbocycles. The second kappa shape index (κ2) is 4.75. The molecule has 0 aliphatic carbocycles. The number of nitrogens with zero attached hydrogens (tertiary/aromatic N) is 4. The summed E-state index contributed by atoms with van der Waals surface area (Å²) >= 11 is 5.62. The number of halogens is 1. The van der Waals surface area contributed by atoms with Crippen molar-refractivity contribution < 1.29 is 5.11 Å². The average molecular weight is 235 g/mol. The summed E-state index contributed by atoms with van der Waals surface area (Å²) in [5.74, 6) is 5.83. The van der Waals surface area contributed by atoms with Crippen molar-refractivity contribution in [2.24, 2.45) is 0 Å². The molecular weight excluding hydrogens is 228 g/mol. The zero-order valence-electron chi connectivity index (χ0n) is 8.13. The predicted octanol–water partition coefficient (Wildman–Crippen LogP) is 0.659. The fourth-order valence-electron chi connectivity index (χ4n) is 1.09. The van der Waals surface area contributed by atoms with Crippen LogP contribution in [0.15, 0.2) is 24.5 Å². The SMILES string of the molecule is OCC#Cc1cnn(-c2ccc(Cl)nn2)c1. The second-order valence-electron chi connectivity index (χ2n) is 2.85. The molecule has 2 aromatic heterocycles. The third kappa shape index (κ3) is 2.37. The number of hydrogen-bond acceptors (Lipinski definition) is 4. The van der Waals surface area contributed by atoms with Crippen LogP contribution in [0, 0.1) is 11.8 Å². The Morgan fingerprint density at radius 2 is 2.25 bits per heavy atom. The summed E-state index contributed by atoms with van der Waals surface area (Å²) in [7, 11) is 0. The Bertz CT molecular complexity index is 538. The maximum atomic E-state index is 8.54. The molecule has 2 aromatic rings. The molecule has 0 unspecified atom stereocenters. The normalized spacial score (nSPS) is 9.62. The van der Waals surface area contributed by atoms with Crippen LogP contribution in [-0.4, -0.2) is 31.7 Å². The van der Waals surface area contributed by atoms with E-state index in [9.17, 15) is 0 Å². The summed E-state index contributed by atoms with van der Waals surface area (Å²) in [6, 6.07) is 3.33. The van der Waals surface area contributed by atoms with Gasteiger partial charge < -0.3 is 5.11 Å². The van der Waals surface area contributed by atoms with Gasteiger partial charge in [-0.2, -0.15) is 5.10 Å². The van der Waals surface area contributed by atoms with Gasteiger partial charge in [0.15, 0.2) is 11.0 Å². The van der Waals surface area contributed by atoms with Gasteiger partial charge in [0.05, 0.1) is 11.8 Å². The lowest BCUT2D eigenvalue weighted by Gasteiger charge is -1.96. The Kier molecular flexibility index (Phi) is 3.15. The maximum absolute atomic E-state index is 8.54. The summed E-state index contributed by atoms with van der Waals surface area (Å²) in [6.45, 7) is -0.175. The largest absolute Gasteiger partial charge is 0.384 e. The molecule has 0 radical (unpaired) electrons. The highest BCUT2D eigenvalue weighted by atomic mass is 35.5. The van der Waals surface area contributed by atoms with Crippen LogP contribution < -0.4 is 0 Å². The van der Waals surface area contributed by atoms with Gasteiger partial charge in [0, 0.05) is 6.20 Å². The smallest absolute Gasteiger partial charge is 0.175 e. The highest BCUT2D eigenvalue weighted by Gasteiger charge is 2.00. The first-order chi connectivity index (χ1) is 7.79.